The van der Waals surface area contributed by atoms with Gasteiger partial charge in [0.2, 0.25) is 0 Å². The molecule has 17 heavy (non-hydrogen) atoms. The van der Waals surface area contributed by atoms with E-state index in [0.717, 1.165) is 31.4 Å². The van der Waals surface area contributed by atoms with E-state index in [9.17, 15) is 13.6 Å². The van der Waals surface area contributed by atoms with Gasteiger partial charge in [0.1, 0.15) is 17.2 Å². The van der Waals surface area contributed by atoms with Gasteiger partial charge in [0.25, 0.3) is 0 Å². The Labute approximate surface area is 97.6 Å². The second kappa shape index (κ2) is 3.52. The van der Waals surface area contributed by atoms with Crippen molar-refractivity contribution in [3.63, 3.8) is 0 Å². The summed E-state index contributed by atoms with van der Waals surface area (Å²) in [7, 11) is 0. The SMILES string of the molecule is O=C1OC2(CCCCC2)c2c(F)cc(F)cc21. The summed E-state index contributed by atoms with van der Waals surface area (Å²) >= 11 is 0. The summed E-state index contributed by atoms with van der Waals surface area (Å²) in [6, 6.07) is 1.90. The van der Waals surface area contributed by atoms with Gasteiger partial charge in [-0.3, -0.25) is 0 Å². The van der Waals surface area contributed by atoms with Crippen LogP contribution in [0.15, 0.2) is 12.1 Å². The van der Waals surface area contributed by atoms with Crippen molar-refractivity contribution in [3.8, 4) is 0 Å². The van der Waals surface area contributed by atoms with Gasteiger partial charge in [-0.15, -0.1) is 0 Å². The van der Waals surface area contributed by atoms with Gasteiger partial charge in [0, 0.05) is 11.6 Å². The number of esters is 1. The fourth-order valence-corrected chi connectivity index (χ4v) is 2.96. The normalized spacial score (nSPS) is 21.4. The molecule has 0 radical (unpaired) electrons. The van der Waals surface area contributed by atoms with E-state index in [1.54, 1.807) is 0 Å². The molecule has 2 nitrogen and oxygen atoms in total. The minimum absolute atomic E-state index is 0.0596. The van der Waals surface area contributed by atoms with Crippen LogP contribution in [0.3, 0.4) is 0 Å². The third-order valence-corrected chi connectivity index (χ3v) is 3.68. The first-order valence-corrected chi connectivity index (χ1v) is 5.85. The van der Waals surface area contributed by atoms with Crippen molar-refractivity contribution in [2.24, 2.45) is 0 Å². The minimum atomic E-state index is -0.831. The summed E-state index contributed by atoms with van der Waals surface area (Å²) in [5.74, 6) is -1.99. The molecule has 4 heteroatoms. The minimum Gasteiger partial charge on any atom is -0.450 e. The molecule has 1 aliphatic carbocycles. The summed E-state index contributed by atoms with van der Waals surface area (Å²) in [5.41, 5.74) is -0.504. The van der Waals surface area contributed by atoms with Crippen LogP contribution in [0.25, 0.3) is 0 Å². The Balaban J connectivity index is 2.18. The number of fused-ring (bicyclic) bond motifs is 2. The molecule has 0 aromatic heterocycles. The van der Waals surface area contributed by atoms with E-state index in [1.165, 1.54) is 0 Å². The highest BCUT2D eigenvalue weighted by atomic mass is 19.1. The molecule has 2 aliphatic rings. The molecule has 3 rings (SSSR count). The number of ether oxygens (including phenoxy) is 1. The van der Waals surface area contributed by atoms with E-state index in [-0.39, 0.29) is 11.1 Å². The van der Waals surface area contributed by atoms with Crippen molar-refractivity contribution in [2.45, 2.75) is 37.7 Å². The number of hydrogen-bond acceptors (Lipinski definition) is 2. The molecule has 1 fully saturated rings. The van der Waals surface area contributed by atoms with E-state index in [0.29, 0.717) is 12.8 Å². The van der Waals surface area contributed by atoms with Crippen molar-refractivity contribution >= 4 is 5.97 Å². The average Bonchev–Trinajstić information content (AvgIpc) is 2.53. The zero-order valence-electron chi connectivity index (χ0n) is 9.26. The van der Waals surface area contributed by atoms with Gasteiger partial charge in [-0.1, -0.05) is 6.42 Å². The lowest BCUT2D eigenvalue weighted by molar-refractivity contribution is -0.0294. The van der Waals surface area contributed by atoms with Gasteiger partial charge in [-0.2, -0.15) is 0 Å². The Morgan fingerprint density at radius 1 is 1.12 bits per heavy atom. The zero-order valence-corrected chi connectivity index (χ0v) is 9.26. The highest BCUT2D eigenvalue weighted by molar-refractivity contribution is 5.94. The highest BCUT2D eigenvalue weighted by Gasteiger charge is 2.48. The van der Waals surface area contributed by atoms with Gasteiger partial charge >= 0.3 is 5.97 Å². The van der Waals surface area contributed by atoms with Crippen molar-refractivity contribution in [1.82, 2.24) is 0 Å². The molecule has 0 atom stereocenters. The van der Waals surface area contributed by atoms with E-state index >= 15 is 0 Å². The lowest BCUT2D eigenvalue weighted by Crippen LogP contribution is -2.29. The number of hydrogen-bond donors (Lipinski definition) is 0. The quantitative estimate of drug-likeness (QED) is 0.648. The molecule has 1 aromatic carbocycles. The summed E-state index contributed by atoms with van der Waals surface area (Å²) in [5, 5.41) is 0. The molecule has 0 N–H and O–H groups in total. The number of rotatable bonds is 0. The Hall–Kier alpha value is -1.45. The first kappa shape index (κ1) is 10.7. The standard InChI is InChI=1S/C13H12F2O2/c14-8-6-9-11(10(15)7-8)13(17-12(9)16)4-2-1-3-5-13/h6-7H,1-5H2. The van der Waals surface area contributed by atoms with Crippen LogP contribution in [0.4, 0.5) is 8.78 Å². The number of carbonyl (C=O) groups excluding carboxylic acids is 1. The Kier molecular flexibility index (Phi) is 2.21. The predicted octanol–water partition coefficient (Wildman–Crippen LogP) is 3.29. The fraction of sp³-hybridized carbons (Fsp3) is 0.462. The maximum absolute atomic E-state index is 13.9. The number of carbonyl (C=O) groups is 1. The molecule has 1 aromatic rings. The zero-order chi connectivity index (χ0) is 12.0. The second-order valence-electron chi connectivity index (χ2n) is 4.75. The fourth-order valence-electron chi connectivity index (χ4n) is 2.96. The molecule has 0 unspecified atom stereocenters. The molecule has 1 spiro atoms. The van der Waals surface area contributed by atoms with Crippen LogP contribution < -0.4 is 0 Å². The van der Waals surface area contributed by atoms with Crippen LogP contribution in [0, 0.1) is 11.6 Å². The van der Waals surface area contributed by atoms with Crippen molar-refractivity contribution in [3.05, 3.63) is 34.9 Å². The third kappa shape index (κ3) is 1.47. The lowest BCUT2D eigenvalue weighted by atomic mass is 9.79. The monoisotopic (exact) mass is 238 g/mol. The van der Waals surface area contributed by atoms with E-state index in [2.05, 4.69) is 0 Å². The summed E-state index contributed by atoms with van der Waals surface area (Å²) in [6.07, 6.45) is 4.15. The second-order valence-corrected chi connectivity index (χ2v) is 4.75. The Bertz CT molecular complexity index is 490. The lowest BCUT2D eigenvalue weighted by Gasteiger charge is -2.32. The van der Waals surface area contributed by atoms with E-state index < -0.39 is 23.2 Å². The highest BCUT2D eigenvalue weighted by Crippen LogP contribution is 2.47. The van der Waals surface area contributed by atoms with Gasteiger partial charge < -0.3 is 4.74 Å². The van der Waals surface area contributed by atoms with Crippen LogP contribution in [-0.4, -0.2) is 5.97 Å². The third-order valence-electron chi connectivity index (χ3n) is 3.68. The van der Waals surface area contributed by atoms with Crippen LogP contribution in [-0.2, 0) is 10.3 Å². The van der Waals surface area contributed by atoms with Gasteiger partial charge in [0.15, 0.2) is 0 Å². The average molecular weight is 238 g/mol. The predicted molar refractivity (Wildman–Crippen MR) is 56.5 cm³/mol. The first-order chi connectivity index (χ1) is 8.12. The smallest absolute Gasteiger partial charge is 0.339 e. The molecular formula is C13H12F2O2. The van der Waals surface area contributed by atoms with Crippen molar-refractivity contribution in [2.75, 3.05) is 0 Å². The molecular weight excluding hydrogens is 226 g/mol. The Morgan fingerprint density at radius 3 is 2.53 bits per heavy atom. The van der Waals surface area contributed by atoms with Crippen LogP contribution in [0.5, 0.6) is 0 Å². The summed E-state index contributed by atoms with van der Waals surface area (Å²) < 4.78 is 32.3. The molecule has 0 bridgehead atoms. The van der Waals surface area contributed by atoms with E-state index in [1.807, 2.05) is 0 Å². The van der Waals surface area contributed by atoms with Gasteiger partial charge in [0.05, 0.1) is 5.56 Å². The van der Waals surface area contributed by atoms with Gasteiger partial charge in [-0.25, -0.2) is 13.6 Å². The van der Waals surface area contributed by atoms with Crippen LogP contribution in [0.1, 0.15) is 48.0 Å². The molecule has 1 aliphatic heterocycles. The Morgan fingerprint density at radius 2 is 1.82 bits per heavy atom. The topological polar surface area (TPSA) is 26.3 Å². The van der Waals surface area contributed by atoms with Crippen LogP contribution >= 0.6 is 0 Å². The number of benzene rings is 1. The maximum Gasteiger partial charge on any atom is 0.339 e. The van der Waals surface area contributed by atoms with Crippen molar-refractivity contribution in [1.29, 1.82) is 0 Å². The largest absolute Gasteiger partial charge is 0.450 e. The summed E-state index contributed by atoms with van der Waals surface area (Å²) in [6.45, 7) is 0. The van der Waals surface area contributed by atoms with E-state index in [4.69, 9.17) is 4.74 Å². The molecule has 0 amide bonds. The number of halogens is 2. The molecule has 1 saturated carbocycles. The van der Waals surface area contributed by atoms with Crippen LogP contribution in [0.2, 0.25) is 0 Å². The van der Waals surface area contributed by atoms with Crippen molar-refractivity contribution < 1.29 is 18.3 Å². The molecule has 1 heterocycles. The maximum atomic E-state index is 13.9. The first-order valence-electron chi connectivity index (χ1n) is 5.85. The molecule has 90 valence electrons. The summed E-state index contributed by atoms with van der Waals surface area (Å²) in [4.78, 5) is 11.7. The molecule has 0 saturated heterocycles. The van der Waals surface area contributed by atoms with Gasteiger partial charge in [-0.05, 0) is 31.7 Å².